The van der Waals surface area contributed by atoms with Gasteiger partial charge in [-0.2, -0.15) is 0 Å². The molecule has 2 aliphatic rings. The van der Waals surface area contributed by atoms with Crippen LogP contribution in [0.25, 0.3) is 44.5 Å². The fourth-order valence-electron chi connectivity index (χ4n) is 10.4. The van der Waals surface area contributed by atoms with E-state index in [0.29, 0.717) is 0 Å². The Morgan fingerprint density at radius 2 is 0.685 bits per heavy atom. The summed E-state index contributed by atoms with van der Waals surface area (Å²) in [5, 5.41) is 3.65. The first-order valence-corrected chi connectivity index (χ1v) is 27.0. The van der Waals surface area contributed by atoms with Gasteiger partial charge in [0.15, 0.2) is 0 Å². The number of anilines is 3. The van der Waals surface area contributed by atoms with E-state index in [1.807, 2.05) is 6.07 Å². The molecule has 0 atom stereocenters. The molecule has 3 heteroatoms. The molecule has 2 aliphatic carbocycles. The van der Waals surface area contributed by atoms with Crippen molar-refractivity contribution < 1.29 is 0 Å². The molecule has 8 aromatic carbocycles. The highest BCUT2D eigenvalue weighted by molar-refractivity contribution is 9.10. The molecule has 0 saturated carbocycles. The Morgan fingerprint density at radius 1 is 0.342 bits per heavy atom. The Morgan fingerprint density at radius 3 is 1.10 bits per heavy atom. The van der Waals surface area contributed by atoms with Crippen LogP contribution in [0.2, 0.25) is 0 Å². The van der Waals surface area contributed by atoms with Crippen LogP contribution in [0, 0.1) is 0 Å². The van der Waals surface area contributed by atoms with Crippen LogP contribution >= 0.6 is 15.9 Å². The smallest absolute Gasteiger partial charge is 0.0387 e. The zero-order valence-electron chi connectivity index (χ0n) is 46.6. The molecular formula is C70H79BrN2. The third-order valence-electron chi connectivity index (χ3n) is 15.2. The largest absolute Gasteiger partial charge is 0.399 e. The van der Waals surface area contributed by atoms with E-state index in [0.717, 1.165) is 21.5 Å². The van der Waals surface area contributed by atoms with Gasteiger partial charge in [-0.15, -0.1) is 0 Å². The molecule has 0 aliphatic heterocycles. The minimum absolute atomic E-state index is 0.0102. The summed E-state index contributed by atoms with van der Waals surface area (Å²) in [6.07, 6.45) is 0. The molecule has 0 amide bonds. The SMILES string of the molecule is CC(C)(C)c1cc(-c2ccc(Br)cc2)cc(C(C)(C)C)c1.CC(C)(C)c1cc(-c2ccc(Nc3ccc4c(c3)C(C)(C)c3ccccc3-4)cc2)cc(C(C)(C)C)c1.CC1(C)c2ccccc2-c2ccc(N)cc21. The molecular weight excluding hydrogens is 949 g/mol. The lowest BCUT2D eigenvalue weighted by Crippen LogP contribution is -2.16. The van der Waals surface area contributed by atoms with Crippen LogP contribution in [-0.2, 0) is 32.5 Å². The normalized spacial score (nSPS) is 14.1. The first-order valence-electron chi connectivity index (χ1n) is 26.2. The number of rotatable bonds is 4. The van der Waals surface area contributed by atoms with Crippen LogP contribution in [-0.4, -0.2) is 0 Å². The monoisotopic (exact) mass is 1030 g/mol. The fraction of sp³-hybridized carbons (Fsp3) is 0.314. The molecule has 0 unspecified atom stereocenters. The highest BCUT2D eigenvalue weighted by Gasteiger charge is 2.36. The van der Waals surface area contributed by atoms with Gasteiger partial charge in [0.25, 0.3) is 0 Å². The molecule has 0 spiro atoms. The van der Waals surface area contributed by atoms with Crippen molar-refractivity contribution in [3.8, 4) is 44.5 Å². The van der Waals surface area contributed by atoms with E-state index in [1.54, 1.807) is 0 Å². The topological polar surface area (TPSA) is 38.0 Å². The lowest BCUT2D eigenvalue weighted by molar-refractivity contribution is 0.568. The minimum atomic E-state index is 0.0102. The quantitative estimate of drug-likeness (QED) is 0.172. The number of benzene rings is 8. The second-order valence-corrected chi connectivity index (χ2v) is 26.6. The number of halogens is 1. The lowest BCUT2D eigenvalue weighted by atomic mass is 9.79. The van der Waals surface area contributed by atoms with Crippen molar-refractivity contribution in [2.24, 2.45) is 0 Å². The number of hydrogen-bond acceptors (Lipinski definition) is 2. The van der Waals surface area contributed by atoms with Crippen molar-refractivity contribution in [1.29, 1.82) is 0 Å². The predicted molar refractivity (Wildman–Crippen MR) is 322 cm³/mol. The van der Waals surface area contributed by atoms with E-state index in [4.69, 9.17) is 5.73 Å². The number of nitrogens with one attached hydrogen (secondary N) is 1. The Balaban J connectivity index is 0.000000162. The van der Waals surface area contributed by atoms with Gasteiger partial charge in [-0.1, -0.05) is 248 Å². The van der Waals surface area contributed by atoms with Crippen LogP contribution < -0.4 is 11.1 Å². The molecule has 0 fully saturated rings. The molecule has 0 aromatic heterocycles. The van der Waals surface area contributed by atoms with E-state index in [1.165, 1.54) is 89.0 Å². The van der Waals surface area contributed by atoms with E-state index >= 15 is 0 Å². The highest BCUT2D eigenvalue weighted by atomic mass is 79.9. The van der Waals surface area contributed by atoms with Gasteiger partial charge in [0.1, 0.15) is 0 Å². The van der Waals surface area contributed by atoms with Crippen LogP contribution in [0.3, 0.4) is 0 Å². The van der Waals surface area contributed by atoms with Crippen molar-refractivity contribution >= 4 is 33.0 Å². The molecule has 0 bridgehead atoms. The summed E-state index contributed by atoms with van der Waals surface area (Å²) in [5.41, 5.74) is 31.2. The summed E-state index contributed by atoms with van der Waals surface area (Å²) in [6.45, 7) is 36.6. The summed E-state index contributed by atoms with van der Waals surface area (Å²) in [5.74, 6) is 0. The molecule has 0 radical (unpaired) electrons. The number of fused-ring (bicyclic) bond motifs is 6. The van der Waals surface area contributed by atoms with Gasteiger partial charge >= 0.3 is 0 Å². The average Bonchev–Trinajstić information content (AvgIpc) is 3.69. The van der Waals surface area contributed by atoms with E-state index in [2.05, 4.69) is 296 Å². The number of nitrogens with two attached hydrogens (primary N) is 1. The molecule has 2 nitrogen and oxygen atoms in total. The Hall–Kier alpha value is -6.16. The van der Waals surface area contributed by atoms with E-state index in [-0.39, 0.29) is 32.5 Å². The minimum Gasteiger partial charge on any atom is -0.399 e. The maximum Gasteiger partial charge on any atom is 0.0387 e. The summed E-state index contributed by atoms with van der Waals surface area (Å²) >= 11 is 3.51. The van der Waals surface area contributed by atoms with Gasteiger partial charge < -0.3 is 11.1 Å². The van der Waals surface area contributed by atoms with E-state index in [9.17, 15) is 0 Å². The molecule has 3 N–H and O–H groups in total. The van der Waals surface area contributed by atoms with Gasteiger partial charge in [-0.25, -0.2) is 0 Å². The average molecular weight is 1030 g/mol. The van der Waals surface area contributed by atoms with Crippen LogP contribution in [0.1, 0.15) is 155 Å². The van der Waals surface area contributed by atoms with Gasteiger partial charge in [-0.3, -0.25) is 0 Å². The standard InChI is InChI=1S/C35H39N.C20H25Br.C15H15N/c1-33(2,3)25-19-24(20-26(21-25)34(4,5)6)23-13-15-27(16-14-23)36-28-17-18-30-29-11-9-10-12-31(29)35(7,8)32(30)22-28;1-19(2,3)16-11-15(12-17(13-16)20(4,5)6)14-7-9-18(21)10-8-14;1-15(2)13-6-4-3-5-11(13)12-8-7-10(16)9-14(12)15/h9-22,36H,1-8H3;7-13H,1-6H3;3-9H,16H2,1-2H3. The molecule has 376 valence electrons. The second kappa shape index (κ2) is 19.6. The molecule has 10 rings (SSSR count). The maximum atomic E-state index is 5.89. The predicted octanol–water partition coefficient (Wildman–Crippen LogP) is 20.3. The van der Waals surface area contributed by atoms with Gasteiger partial charge in [0.2, 0.25) is 0 Å². The van der Waals surface area contributed by atoms with E-state index < -0.39 is 0 Å². The Bertz CT molecular complexity index is 3220. The third kappa shape index (κ3) is 11.3. The van der Waals surface area contributed by atoms with Crippen molar-refractivity contribution in [3.05, 3.63) is 219 Å². The molecule has 0 heterocycles. The zero-order chi connectivity index (χ0) is 53.1. The number of hydrogen-bond donors (Lipinski definition) is 2. The highest BCUT2D eigenvalue weighted by Crippen LogP contribution is 2.50. The molecule has 0 saturated heterocycles. The molecule has 73 heavy (non-hydrogen) atoms. The summed E-state index contributed by atoms with van der Waals surface area (Å²) in [7, 11) is 0. The van der Waals surface area contributed by atoms with Gasteiger partial charge in [-0.05, 0) is 159 Å². The summed E-state index contributed by atoms with van der Waals surface area (Å²) < 4.78 is 1.12. The lowest BCUT2D eigenvalue weighted by Gasteiger charge is -2.26. The number of nitrogen functional groups attached to an aromatic ring is 1. The summed E-state index contributed by atoms with van der Waals surface area (Å²) in [4.78, 5) is 0. The first-order chi connectivity index (χ1) is 34.0. The van der Waals surface area contributed by atoms with Crippen LogP contribution in [0.15, 0.2) is 174 Å². The molecule has 8 aromatic rings. The fourth-order valence-corrected chi connectivity index (χ4v) is 10.6. The zero-order valence-corrected chi connectivity index (χ0v) is 48.2. The van der Waals surface area contributed by atoms with Crippen molar-refractivity contribution in [2.45, 2.75) is 143 Å². The van der Waals surface area contributed by atoms with Gasteiger partial charge in [0.05, 0.1) is 0 Å². The second-order valence-electron chi connectivity index (χ2n) is 25.7. The summed E-state index contributed by atoms with van der Waals surface area (Å²) in [6, 6.07) is 62.0. The van der Waals surface area contributed by atoms with Gasteiger partial charge in [0, 0.05) is 32.4 Å². The maximum absolute atomic E-state index is 5.89. The Kier molecular flexibility index (Phi) is 14.3. The first kappa shape index (κ1) is 53.1. The Labute approximate surface area is 448 Å². The third-order valence-corrected chi connectivity index (χ3v) is 15.7. The van der Waals surface area contributed by atoms with Crippen molar-refractivity contribution in [1.82, 2.24) is 0 Å². The van der Waals surface area contributed by atoms with Crippen LogP contribution in [0.4, 0.5) is 17.1 Å². The van der Waals surface area contributed by atoms with Crippen molar-refractivity contribution in [3.63, 3.8) is 0 Å². The van der Waals surface area contributed by atoms with Crippen molar-refractivity contribution in [2.75, 3.05) is 11.1 Å². The van der Waals surface area contributed by atoms with Crippen LogP contribution in [0.5, 0.6) is 0 Å².